The lowest BCUT2D eigenvalue weighted by atomic mass is 10.1. The number of benzene rings is 2. The predicted molar refractivity (Wildman–Crippen MR) is 147 cm³/mol. The number of fused-ring (bicyclic) bond motifs is 2. The third kappa shape index (κ3) is 5.20. The molecule has 0 atom stereocenters. The molecule has 0 spiro atoms. The third-order valence-electron chi connectivity index (χ3n) is 6.75. The SMILES string of the molecule is Cc1cc(N(CCNc2ccnc3cc(Cl)ccc23)Cc2ccc3c(c2)OCO3)nc(N2CCCC2)n1. The predicted octanol–water partition coefficient (Wildman–Crippen LogP) is 5.43. The van der Waals surface area contributed by atoms with Gasteiger partial charge in [-0.1, -0.05) is 17.7 Å². The Hall–Kier alpha value is -3.78. The van der Waals surface area contributed by atoms with Gasteiger partial charge in [-0.2, -0.15) is 4.98 Å². The van der Waals surface area contributed by atoms with E-state index in [2.05, 4.69) is 38.3 Å². The highest BCUT2D eigenvalue weighted by atomic mass is 35.5. The monoisotopic (exact) mass is 516 g/mol. The Kier molecular flexibility index (Phi) is 6.57. The minimum Gasteiger partial charge on any atom is -0.454 e. The van der Waals surface area contributed by atoms with E-state index in [4.69, 9.17) is 31.0 Å². The molecular weight excluding hydrogens is 488 g/mol. The van der Waals surface area contributed by atoms with E-state index in [1.165, 1.54) is 12.8 Å². The first-order valence-corrected chi connectivity index (χ1v) is 13.0. The zero-order chi connectivity index (χ0) is 25.2. The second-order valence-corrected chi connectivity index (χ2v) is 9.85. The molecule has 0 bridgehead atoms. The van der Waals surface area contributed by atoms with Crippen LogP contribution in [0.2, 0.25) is 5.02 Å². The Morgan fingerprint density at radius 1 is 1.00 bits per heavy atom. The van der Waals surface area contributed by atoms with Crippen LogP contribution < -0.4 is 24.6 Å². The number of hydrogen-bond donors (Lipinski definition) is 1. The molecule has 190 valence electrons. The second kappa shape index (κ2) is 10.3. The molecule has 37 heavy (non-hydrogen) atoms. The first-order valence-electron chi connectivity index (χ1n) is 12.6. The number of halogens is 1. The number of hydrogen-bond acceptors (Lipinski definition) is 8. The van der Waals surface area contributed by atoms with Gasteiger partial charge >= 0.3 is 0 Å². The second-order valence-electron chi connectivity index (χ2n) is 9.42. The molecule has 4 heterocycles. The van der Waals surface area contributed by atoms with Crippen LogP contribution in [0, 0.1) is 6.92 Å². The molecule has 9 heteroatoms. The lowest BCUT2D eigenvalue weighted by molar-refractivity contribution is 0.174. The first kappa shape index (κ1) is 23.6. The Balaban J connectivity index is 1.26. The Labute approximate surface area is 221 Å². The number of aryl methyl sites for hydroxylation is 1. The van der Waals surface area contributed by atoms with Crippen LogP contribution in [0.1, 0.15) is 24.1 Å². The van der Waals surface area contributed by atoms with Crippen molar-refractivity contribution in [1.82, 2.24) is 15.0 Å². The maximum atomic E-state index is 6.17. The van der Waals surface area contributed by atoms with Crippen molar-refractivity contribution in [3.63, 3.8) is 0 Å². The van der Waals surface area contributed by atoms with Crippen LogP contribution in [0.15, 0.2) is 54.7 Å². The molecule has 2 aromatic heterocycles. The average Bonchev–Trinajstić information content (AvgIpc) is 3.60. The maximum absolute atomic E-state index is 6.17. The van der Waals surface area contributed by atoms with Crippen LogP contribution in [0.25, 0.3) is 10.9 Å². The van der Waals surface area contributed by atoms with Crippen molar-refractivity contribution in [2.75, 3.05) is 48.1 Å². The molecule has 2 aromatic carbocycles. The molecule has 6 rings (SSSR count). The van der Waals surface area contributed by atoms with Gasteiger partial charge in [0.15, 0.2) is 11.5 Å². The van der Waals surface area contributed by atoms with Crippen LogP contribution in [-0.4, -0.2) is 47.9 Å². The highest BCUT2D eigenvalue weighted by molar-refractivity contribution is 6.31. The van der Waals surface area contributed by atoms with Gasteiger partial charge in [-0.15, -0.1) is 0 Å². The summed E-state index contributed by atoms with van der Waals surface area (Å²) in [6, 6.07) is 16.0. The van der Waals surface area contributed by atoms with Crippen molar-refractivity contribution < 1.29 is 9.47 Å². The van der Waals surface area contributed by atoms with Crippen molar-refractivity contribution in [3.8, 4) is 11.5 Å². The van der Waals surface area contributed by atoms with Gasteiger partial charge in [0.2, 0.25) is 12.7 Å². The fourth-order valence-corrected chi connectivity index (χ4v) is 5.06. The molecule has 8 nitrogen and oxygen atoms in total. The van der Waals surface area contributed by atoms with Gasteiger partial charge in [-0.25, -0.2) is 4.98 Å². The minimum atomic E-state index is 0.266. The van der Waals surface area contributed by atoms with E-state index in [0.717, 1.165) is 70.7 Å². The quantitative estimate of drug-likeness (QED) is 0.332. The Morgan fingerprint density at radius 3 is 2.76 bits per heavy atom. The molecule has 1 N–H and O–H groups in total. The number of aromatic nitrogens is 3. The summed E-state index contributed by atoms with van der Waals surface area (Å²) in [5.74, 6) is 3.30. The minimum absolute atomic E-state index is 0.266. The molecule has 0 aliphatic carbocycles. The summed E-state index contributed by atoms with van der Waals surface area (Å²) in [5.41, 5.74) is 4.00. The summed E-state index contributed by atoms with van der Waals surface area (Å²) >= 11 is 6.17. The highest BCUT2D eigenvalue weighted by Gasteiger charge is 2.20. The van der Waals surface area contributed by atoms with Crippen LogP contribution in [0.5, 0.6) is 11.5 Å². The van der Waals surface area contributed by atoms with Crippen LogP contribution in [0.3, 0.4) is 0 Å². The summed E-state index contributed by atoms with van der Waals surface area (Å²) in [6.45, 7) is 6.45. The Bertz CT molecular complexity index is 1430. The van der Waals surface area contributed by atoms with Gasteiger partial charge in [0.25, 0.3) is 0 Å². The summed E-state index contributed by atoms with van der Waals surface area (Å²) in [7, 11) is 0. The summed E-state index contributed by atoms with van der Waals surface area (Å²) in [6.07, 6.45) is 4.17. The van der Waals surface area contributed by atoms with Gasteiger partial charge in [0, 0.05) is 66.8 Å². The summed E-state index contributed by atoms with van der Waals surface area (Å²) < 4.78 is 11.1. The van der Waals surface area contributed by atoms with E-state index >= 15 is 0 Å². The van der Waals surface area contributed by atoms with E-state index in [-0.39, 0.29) is 6.79 Å². The van der Waals surface area contributed by atoms with E-state index in [1.807, 2.05) is 43.5 Å². The lowest BCUT2D eigenvalue weighted by Gasteiger charge is -2.26. The average molecular weight is 517 g/mol. The molecule has 1 fully saturated rings. The topological polar surface area (TPSA) is 75.6 Å². The van der Waals surface area contributed by atoms with Crippen molar-refractivity contribution in [1.29, 1.82) is 0 Å². The van der Waals surface area contributed by atoms with Crippen LogP contribution in [0.4, 0.5) is 17.5 Å². The molecule has 4 aromatic rings. The van der Waals surface area contributed by atoms with Gasteiger partial charge < -0.3 is 24.6 Å². The van der Waals surface area contributed by atoms with Gasteiger partial charge in [-0.3, -0.25) is 4.98 Å². The molecule has 0 amide bonds. The number of nitrogens with one attached hydrogen (secondary N) is 1. The van der Waals surface area contributed by atoms with E-state index in [1.54, 1.807) is 0 Å². The number of ether oxygens (including phenoxy) is 2. The molecule has 2 aliphatic rings. The zero-order valence-corrected chi connectivity index (χ0v) is 21.5. The lowest BCUT2D eigenvalue weighted by Crippen LogP contribution is -2.30. The molecule has 2 aliphatic heterocycles. The highest BCUT2D eigenvalue weighted by Crippen LogP contribution is 2.33. The standard InChI is InChI=1S/C28H29ClN6O2/c1-19-14-27(33-28(32-19)34-11-2-3-12-34)35(17-20-4-7-25-26(15-20)37-18-36-25)13-10-31-23-8-9-30-24-16-21(29)5-6-22(23)24/h4-9,14-16H,2-3,10-13,17-18H2,1H3,(H,30,31). The number of anilines is 3. The smallest absolute Gasteiger partial charge is 0.231 e. The Morgan fingerprint density at radius 2 is 1.86 bits per heavy atom. The van der Waals surface area contributed by atoms with Crippen molar-refractivity contribution in [3.05, 3.63) is 71.0 Å². The molecule has 1 saturated heterocycles. The summed E-state index contributed by atoms with van der Waals surface area (Å²) in [4.78, 5) is 18.8. The number of rotatable bonds is 8. The summed E-state index contributed by atoms with van der Waals surface area (Å²) in [5, 5.41) is 5.32. The van der Waals surface area contributed by atoms with Crippen molar-refractivity contribution >= 4 is 40.0 Å². The van der Waals surface area contributed by atoms with Gasteiger partial charge in [0.1, 0.15) is 5.82 Å². The molecule has 0 saturated carbocycles. The fourth-order valence-electron chi connectivity index (χ4n) is 4.89. The fraction of sp³-hybridized carbons (Fsp3) is 0.321. The van der Waals surface area contributed by atoms with Crippen molar-refractivity contribution in [2.24, 2.45) is 0 Å². The largest absolute Gasteiger partial charge is 0.454 e. The van der Waals surface area contributed by atoms with E-state index in [0.29, 0.717) is 18.1 Å². The van der Waals surface area contributed by atoms with E-state index < -0.39 is 0 Å². The number of nitrogens with zero attached hydrogens (tertiary/aromatic N) is 5. The third-order valence-corrected chi connectivity index (χ3v) is 6.99. The van der Waals surface area contributed by atoms with E-state index in [9.17, 15) is 0 Å². The molecular formula is C28H29ClN6O2. The maximum Gasteiger partial charge on any atom is 0.231 e. The van der Waals surface area contributed by atoms with Crippen LogP contribution in [-0.2, 0) is 6.54 Å². The van der Waals surface area contributed by atoms with Crippen molar-refractivity contribution in [2.45, 2.75) is 26.3 Å². The van der Waals surface area contributed by atoms with Gasteiger partial charge in [-0.05, 0) is 61.7 Å². The molecule has 0 unspecified atom stereocenters. The zero-order valence-electron chi connectivity index (χ0n) is 20.8. The van der Waals surface area contributed by atoms with Crippen LogP contribution >= 0.6 is 11.6 Å². The first-order chi connectivity index (χ1) is 18.1. The van der Waals surface area contributed by atoms with Gasteiger partial charge in [0.05, 0.1) is 5.52 Å². The molecule has 0 radical (unpaired) electrons. The number of pyridine rings is 1. The normalized spacial score (nSPS) is 14.4.